The van der Waals surface area contributed by atoms with Gasteiger partial charge in [0.25, 0.3) is 0 Å². The van der Waals surface area contributed by atoms with E-state index in [1.807, 2.05) is 18.2 Å². The second-order valence-electron chi connectivity index (χ2n) is 5.18. The zero-order valence-corrected chi connectivity index (χ0v) is 13.4. The van der Waals surface area contributed by atoms with Gasteiger partial charge in [0.05, 0.1) is 0 Å². The summed E-state index contributed by atoms with van der Waals surface area (Å²) in [5.74, 6) is 1.61. The van der Waals surface area contributed by atoms with Crippen LogP contribution in [0.1, 0.15) is 5.56 Å². The molecule has 112 valence electrons. The summed E-state index contributed by atoms with van der Waals surface area (Å²) >= 11 is 1.71. The van der Waals surface area contributed by atoms with E-state index in [9.17, 15) is 8.42 Å². The van der Waals surface area contributed by atoms with Crippen molar-refractivity contribution in [3.63, 3.8) is 0 Å². The van der Waals surface area contributed by atoms with Gasteiger partial charge in [-0.25, -0.2) is 8.42 Å². The molecule has 2 rings (SSSR count). The highest BCUT2D eigenvalue weighted by molar-refractivity contribution is 8.00. The zero-order chi connectivity index (χ0) is 14.6. The number of hydrogen-bond acceptors (Lipinski definition) is 5. The molecule has 0 amide bonds. The standard InChI is InChI=1S/C14H22N2O2S2/c1-20(17,18)14-11-19-8-7-16(14)13(10-15)9-12-5-3-2-4-6-12/h2-6,13-14H,7-11,15H2,1H3. The van der Waals surface area contributed by atoms with Crippen LogP contribution in [0.25, 0.3) is 0 Å². The van der Waals surface area contributed by atoms with Crippen LogP contribution in [0.2, 0.25) is 0 Å². The molecule has 1 aliphatic heterocycles. The minimum absolute atomic E-state index is 0.0815. The lowest BCUT2D eigenvalue weighted by Crippen LogP contribution is -2.54. The van der Waals surface area contributed by atoms with Crippen LogP contribution in [0.15, 0.2) is 30.3 Å². The van der Waals surface area contributed by atoms with E-state index in [1.54, 1.807) is 11.8 Å². The van der Waals surface area contributed by atoms with Gasteiger partial charge in [0.15, 0.2) is 9.84 Å². The van der Waals surface area contributed by atoms with Crippen molar-refractivity contribution in [2.75, 3.05) is 30.9 Å². The maximum atomic E-state index is 12.0. The van der Waals surface area contributed by atoms with Crippen LogP contribution in [0.4, 0.5) is 0 Å². The molecule has 2 atom stereocenters. The summed E-state index contributed by atoms with van der Waals surface area (Å²) in [5, 5.41) is -0.404. The smallest absolute Gasteiger partial charge is 0.164 e. The number of benzene rings is 1. The number of thioether (sulfide) groups is 1. The van der Waals surface area contributed by atoms with E-state index >= 15 is 0 Å². The van der Waals surface area contributed by atoms with Crippen molar-refractivity contribution in [2.45, 2.75) is 17.8 Å². The summed E-state index contributed by atoms with van der Waals surface area (Å²) < 4.78 is 23.9. The lowest BCUT2D eigenvalue weighted by atomic mass is 10.0. The van der Waals surface area contributed by atoms with E-state index in [-0.39, 0.29) is 6.04 Å². The Kier molecular flexibility index (Phi) is 5.49. The molecular weight excluding hydrogens is 292 g/mol. The highest BCUT2D eigenvalue weighted by Crippen LogP contribution is 2.23. The Hall–Kier alpha value is -0.560. The first-order valence-electron chi connectivity index (χ1n) is 6.78. The van der Waals surface area contributed by atoms with Crippen LogP contribution in [0.5, 0.6) is 0 Å². The lowest BCUT2D eigenvalue weighted by molar-refractivity contribution is 0.195. The fourth-order valence-electron chi connectivity index (χ4n) is 2.60. The topological polar surface area (TPSA) is 63.4 Å². The van der Waals surface area contributed by atoms with E-state index in [0.29, 0.717) is 12.3 Å². The molecule has 2 unspecified atom stereocenters. The van der Waals surface area contributed by atoms with Gasteiger partial charge in [-0.3, -0.25) is 4.90 Å². The molecule has 0 aliphatic carbocycles. The van der Waals surface area contributed by atoms with Gasteiger partial charge in [0, 0.05) is 36.9 Å². The molecule has 1 fully saturated rings. The normalized spacial score (nSPS) is 22.6. The van der Waals surface area contributed by atoms with E-state index < -0.39 is 15.2 Å². The molecule has 1 saturated heterocycles. The van der Waals surface area contributed by atoms with Gasteiger partial charge in [-0.05, 0) is 12.0 Å². The van der Waals surface area contributed by atoms with Crippen molar-refractivity contribution < 1.29 is 8.42 Å². The molecule has 20 heavy (non-hydrogen) atoms. The van der Waals surface area contributed by atoms with E-state index in [0.717, 1.165) is 18.7 Å². The van der Waals surface area contributed by atoms with Gasteiger partial charge in [-0.15, -0.1) is 0 Å². The summed E-state index contributed by atoms with van der Waals surface area (Å²) in [7, 11) is -3.07. The maximum absolute atomic E-state index is 12.0. The number of rotatable bonds is 5. The van der Waals surface area contributed by atoms with Crippen molar-refractivity contribution in [1.29, 1.82) is 0 Å². The first kappa shape index (κ1) is 15.8. The summed E-state index contributed by atoms with van der Waals surface area (Å²) in [6.07, 6.45) is 2.13. The van der Waals surface area contributed by atoms with E-state index in [1.165, 1.54) is 11.8 Å². The summed E-state index contributed by atoms with van der Waals surface area (Å²) in [4.78, 5) is 2.08. The lowest BCUT2D eigenvalue weighted by Gasteiger charge is -2.39. The highest BCUT2D eigenvalue weighted by Gasteiger charge is 2.34. The highest BCUT2D eigenvalue weighted by atomic mass is 32.2. The average molecular weight is 314 g/mol. The number of sulfone groups is 1. The number of nitrogens with two attached hydrogens (primary N) is 1. The van der Waals surface area contributed by atoms with Crippen molar-refractivity contribution in [3.8, 4) is 0 Å². The van der Waals surface area contributed by atoms with Gasteiger partial charge in [0.2, 0.25) is 0 Å². The second kappa shape index (κ2) is 6.93. The van der Waals surface area contributed by atoms with Crippen molar-refractivity contribution >= 4 is 21.6 Å². The predicted octanol–water partition coefficient (Wildman–Crippen LogP) is 0.976. The molecule has 2 N–H and O–H groups in total. The number of nitrogens with zero attached hydrogens (tertiary/aromatic N) is 1. The fraction of sp³-hybridized carbons (Fsp3) is 0.571. The van der Waals surface area contributed by atoms with E-state index in [4.69, 9.17) is 5.73 Å². The first-order chi connectivity index (χ1) is 9.52. The van der Waals surface area contributed by atoms with Crippen molar-refractivity contribution in [3.05, 3.63) is 35.9 Å². The Morgan fingerprint density at radius 3 is 2.70 bits per heavy atom. The van der Waals surface area contributed by atoms with Crippen LogP contribution < -0.4 is 5.73 Å². The SMILES string of the molecule is CS(=O)(=O)C1CSCCN1C(CN)Cc1ccccc1. The molecule has 0 bridgehead atoms. The molecule has 0 radical (unpaired) electrons. The van der Waals surface area contributed by atoms with E-state index in [2.05, 4.69) is 17.0 Å². The molecule has 1 heterocycles. The number of hydrogen-bond donors (Lipinski definition) is 1. The Morgan fingerprint density at radius 2 is 2.10 bits per heavy atom. The Morgan fingerprint density at radius 1 is 1.40 bits per heavy atom. The van der Waals surface area contributed by atoms with Gasteiger partial charge < -0.3 is 5.73 Å². The van der Waals surface area contributed by atoms with Crippen LogP contribution >= 0.6 is 11.8 Å². The first-order valence-corrected chi connectivity index (χ1v) is 9.89. The third-order valence-electron chi connectivity index (χ3n) is 3.67. The third kappa shape index (κ3) is 3.97. The molecule has 0 aromatic heterocycles. The maximum Gasteiger partial charge on any atom is 0.164 e. The molecule has 6 heteroatoms. The van der Waals surface area contributed by atoms with Crippen molar-refractivity contribution in [2.24, 2.45) is 5.73 Å². The van der Waals surface area contributed by atoms with Crippen LogP contribution in [-0.4, -0.2) is 55.6 Å². The van der Waals surface area contributed by atoms with Crippen LogP contribution in [0, 0.1) is 0 Å². The van der Waals surface area contributed by atoms with Gasteiger partial charge >= 0.3 is 0 Å². The van der Waals surface area contributed by atoms with Crippen LogP contribution in [0.3, 0.4) is 0 Å². The largest absolute Gasteiger partial charge is 0.329 e. The summed E-state index contributed by atoms with van der Waals surface area (Å²) in [6.45, 7) is 1.27. The Labute approximate surface area is 125 Å². The molecule has 1 aliphatic rings. The molecule has 0 saturated carbocycles. The third-order valence-corrected chi connectivity index (χ3v) is 6.33. The minimum Gasteiger partial charge on any atom is -0.329 e. The molecule has 0 spiro atoms. The van der Waals surface area contributed by atoms with Gasteiger partial charge in [-0.2, -0.15) is 11.8 Å². The Balaban J connectivity index is 2.16. The molecule has 4 nitrogen and oxygen atoms in total. The molecule has 1 aromatic carbocycles. The van der Waals surface area contributed by atoms with Gasteiger partial charge in [-0.1, -0.05) is 30.3 Å². The van der Waals surface area contributed by atoms with Crippen LogP contribution in [-0.2, 0) is 16.3 Å². The molecule has 1 aromatic rings. The summed E-state index contributed by atoms with van der Waals surface area (Å²) in [5.41, 5.74) is 7.12. The van der Waals surface area contributed by atoms with Crippen molar-refractivity contribution in [1.82, 2.24) is 4.90 Å². The zero-order valence-electron chi connectivity index (χ0n) is 11.7. The quantitative estimate of drug-likeness (QED) is 0.877. The monoisotopic (exact) mass is 314 g/mol. The second-order valence-corrected chi connectivity index (χ2v) is 8.53. The minimum atomic E-state index is -3.07. The molecular formula is C14H22N2O2S2. The van der Waals surface area contributed by atoms with Gasteiger partial charge in [0.1, 0.15) is 5.37 Å². The average Bonchev–Trinajstić information content (AvgIpc) is 2.45. The fourth-order valence-corrected chi connectivity index (χ4v) is 5.55. The summed E-state index contributed by atoms with van der Waals surface area (Å²) in [6, 6.07) is 10.2. The predicted molar refractivity (Wildman–Crippen MR) is 85.7 cm³/mol. The Bertz CT molecular complexity index is 519.